The minimum Gasteiger partial charge on any atom is -0.316 e. The second kappa shape index (κ2) is 11.7. The molecule has 0 aliphatic rings. The molecule has 0 aromatic rings. The lowest BCUT2D eigenvalue weighted by molar-refractivity contribution is 0.230. The summed E-state index contributed by atoms with van der Waals surface area (Å²) in [5.74, 6) is 0.716. The maximum absolute atomic E-state index is 13.6. The van der Waals surface area contributed by atoms with Crippen LogP contribution >= 0.6 is 0 Å². The second-order valence-corrected chi connectivity index (χ2v) is 5.31. The van der Waals surface area contributed by atoms with Gasteiger partial charge in [0, 0.05) is 19.6 Å². The van der Waals surface area contributed by atoms with Crippen LogP contribution in [0.25, 0.3) is 0 Å². The lowest BCUT2D eigenvalue weighted by Gasteiger charge is -2.21. The van der Waals surface area contributed by atoms with Gasteiger partial charge in [-0.25, -0.2) is 4.39 Å². The largest absolute Gasteiger partial charge is 0.316 e. The third-order valence-electron chi connectivity index (χ3n) is 3.11. The van der Waals surface area contributed by atoms with Crippen molar-refractivity contribution in [3.63, 3.8) is 0 Å². The molecule has 0 saturated heterocycles. The first kappa shape index (κ1) is 17.6. The van der Waals surface area contributed by atoms with E-state index in [-0.39, 0.29) is 0 Å². The molecule has 2 atom stereocenters. The number of hydrogen-bond donors (Lipinski definition) is 1. The highest BCUT2D eigenvalue weighted by molar-refractivity contribution is 4.85. The second-order valence-electron chi connectivity index (χ2n) is 5.31. The van der Waals surface area contributed by atoms with Crippen molar-refractivity contribution in [2.24, 2.45) is 5.92 Å². The van der Waals surface area contributed by atoms with E-state index >= 15 is 0 Å². The molecule has 1 N–H and O–H groups in total. The molecule has 18 heavy (non-hydrogen) atoms. The van der Waals surface area contributed by atoms with Crippen LogP contribution in [0.2, 0.25) is 0 Å². The Morgan fingerprint density at radius 2 is 2.00 bits per heavy atom. The molecule has 2 unspecified atom stereocenters. The molecular weight excluding hydrogens is 227 g/mol. The quantitative estimate of drug-likeness (QED) is 0.572. The Labute approximate surface area is 113 Å². The van der Waals surface area contributed by atoms with Crippen molar-refractivity contribution >= 4 is 0 Å². The van der Waals surface area contributed by atoms with Crippen LogP contribution < -0.4 is 5.32 Å². The minimum absolute atomic E-state index is 0.542. The Morgan fingerprint density at radius 1 is 1.28 bits per heavy atom. The number of likely N-dealkylation sites (N-methyl/N-ethyl adjacent to an activating group) is 1. The third kappa shape index (κ3) is 10.7. The monoisotopic (exact) mass is 258 g/mol. The molecule has 3 heteroatoms. The summed E-state index contributed by atoms with van der Waals surface area (Å²) in [5, 5.41) is 3.01. The maximum atomic E-state index is 13.6. The number of rotatable bonds is 11. The van der Waals surface area contributed by atoms with Crippen molar-refractivity contribution < 1.29 is 4.39 Å². The molecule has 0 aliphatic heterocycles. The molecule has 0 radical (unpaired) electrons. The average Bonchev–Trinajstić information content (AvgIpc) is 2.32. The topological polar surface area (TPSA) is 15.3 Å². The number of alkyl halides is 1. The number of halogens is 1. The molecule has 0 fully saturated rings. The van der Waals surface area contributed by atoms with Crippen molar-refractivity contribution in [1.82, 2.24) is 10.2 Å². The van der Waals surface area contributed by atoms with Crippen molar-refractivity contribution in [3.8, 4) is 0 Å². The molecule has 0 amide bonds. The molecule has 0 rings (SSSR count). The van der Waals surface area contributed by atoms with Gasteiger partial charge >= 0.3 is 0 Å². The third-order valence-corrected chi connectivity index (χ3v) is 3.11. The van der Waals surface area contributed by atoms with E-state index in [4.69, 9.17) is 0 Å². The summed E-state index contributed by atoms with van der Waals surface area (Å²) in [5.41, 5.74) is 0. The van der Waals surface area contributed by atoms with Gasteiger partial charge in [-0.2, -0.15) is 0 Å². The van der Waals surface area contributed by atoms with E-state index in [0.29, 0.717) is 18.8 Å². The summed E-state index contributed by atoms with van der Waals surface area (Å²) in [4.78, 5) is 2.25. The lowest BCUT2D eigenvalue weighted by Crippen LogP contribution is -2.27. The molecule has 2 nitrogen and oxygen atoms in total. The van der Waals surface area contributed by atoms with E-state index in [1.165, 1.54) is 12.8 Å². The van der Waals surface area contributed by atoms with Crippen molar-refractivity contribution in [2.45, 2.75) is 45.7 Å². The Hall–Kier alpha value is -0.410. The first-order chi connectivity index (χ1) is 8.60. The summed E-state index contributed by atoms with van der Waals surface area (Å²) in [6.07, 6.45) is 6.88. The number of nitrogens with one attached hydrogen (secondary N) is 1. The summed E-state index contributed by atoms with van der Waals surface area (Å²) in [6, 6.07) is 0. The van der Waals surface area contributed by atoms with Gasteiger partial charge in [0.2, 0.25) is 0 Å². The van der Waals surface area contributed by atoms with Crippen LogP contribution in [0.5, 0.6) is 0 Å². The molecule has 0 saturated carbocycles. The van der Waals surface area contributed by atoms with Gasteiger partial charge in [-0.1, -0.05) is 32.4 Å². The minimum atomic E-state index is -0.706. The maximum Gasteiger partial charge on any atom is 0.105 e. The zero-order valence-corrected chi connectivity index (χ0v) is 12.6. The smallest absolute Gasteiger partial charge is 0.105 e. The standard InChI is InChI=1S/C15H31FN2/c1-5-8-14(2)13-18(4)12-10-15(16)9-6-7-11-17-3/h6-7,14-15,17H,5,8-13H2,1-4H3/b7-6-. The van der Waals surface area contributed by atoms with Crippen LogP contribution in [0.3, 0.4) is 0 Å². The molecule has 0 aromatic heterocycles. The highest BCUT2D eigenvalue weighted by Gasteiger charge is 2.09. The van der Waals surface area contributed by atoms with Gasteiger partial charge in [0.1, 0.15) is 6.17 Å². The summed E-state index contributed by atoms with van der Waals surface area (Å²) >= 11 is 0. The van der Waals surface area contributed by atoms with Gasteiger partial charge < -0.3 is 10.2 Å². The van der Waals surface area contributed by atoms with E-state index < -0.39 is 6.17 Å². The highest BCUT2D eigenvalue weighted by Crippen LogP contribution is 2.09. The zero-order valence-electron chi connectivity index (χ0n) is 12.6. The normalized spacial score (nSPS) is 15.4. The fourth-order valence-corrected chi connectivity index (χ4v) is 2.13. The molecule has 0 spiro atoms. The van der Waals surface area contributed by atoms with Gasteiger partial charge in [0.15, 0.2) is 0 Å². The summed E-state index contributed by atoms with van der Waals surface area (Å²) < 4.78 is 13.6. The predicted octanol–water partition coefficient (Wildman–Crippen LogP) is 3.25. The zero-order chi connectivity index (χ0) is 13.8. The van der Waals surface area contributed by atoms with Crippen LogP contribution in [0, 0.1) is 5.92 Å². The molecule has 0 heterocycles. The van der Waals surface area contributed by atoms with E-state index in [1.54, 1.807) is 0 Å². The highest BCUT2D eigenvalue weighted by atomic mass is 19.1. The average molecular weight is 258 g/mol. The van der Waals surface area contributed by atoms with Crippen LogP contribution in [-0.4, -0.2) is 44.8 Å². The van der Waals surface area contributed by atoms with Crippen LogP contribution in [0.4, 0.5) is 4.39 Å². The van der Waals surface area contributed by atoms with Crippen LogP contribution in [-0.2, 0) is 0 Å². The number of nitrogens with zero attached hydrogens (tertiary/aromatic N) is 1. The fourth-order valence-electron chi connectivity index (χ4n) is 2.13. The first-order valence-electron chi connectivity index (χ1n) is 7.22. The Bertz CT molecular complexity index is 207. The van der Waals surface area contributed by atoms with Gasteiger partial charge in [0.05, 0.1) is 0 Å². The van der Waals surface area contributed by atoms with Crippen molar-refractivity contribution in [3.05, 3.63) is 12.2 Å². The van der Waals surface area contributed by atoms with Gasteiger partial charge in [0.25, 0.3) is 0 Å². The number of allylic oxidation sites excluding steroid dienone is 1. The Morgan fingerprint density at radius 3 is 2.61 bits per heavy atom. The summed E-state index contributed by atoms with van der Waals surface area (Å²) in [7, 11) is 3.99. The van der Waals surface area contributed by atoms with Crippen LogP contribution in [0.15, 0.2) is 12.2 Å². The van der Waals surface area contributed by atoms with Crippen molar-refractivity contribution in [2.75, 3.05) is 33.7 Å². The Kier molecular flexibility index (Phi) is 11.4. The first-order valence-corrected chi connectivity index (χ1v) is 7.22. The SMILES string of the molecule is CCCC(C)CN(C)CCC(F)C/C=C\CNC. The lowest BCUT2D eigenvalue weighted by atomic mass is 10.1. The molecule has 0 aliphatic carbocycles. The fraction of sp³-hybridized carbons (Fsp3) is 0.867. The predicted molar refractivity (Wildman–Crippen MR) is 78.8 cm³/mol. The molecule has 0 aromatic carbocycles. The van der Waals surface area contributed by atoms with E-state index in [2.05, 4.69) is 31.1 Å². The van der Waals surface area contributed by atoms with Crippen molar-refractivity contribution in [1.29, 1.82) is 0 Å². The van der Waals surface area contributed by atoms with E-state index in [1.807, 2.05) is 19.2 Å². The van der Waals surface area contributed by atoms with E-state index in [9.17, 15) is 4.39 Å². The molecule has 108 valence electrons. The molecular formula is C15H31FN2. The Balaban J connectivity index is 3.61. The van der Waals surface area contributed by atoms with E-state index in [0.717, 1.165) is 19.6 Å². The van der Waals surface area contributed by atoms with Gasteiger partial charge in [-0.15, -0.1) is 0 Å². The van der Waals surface area contributed by atoms with Crippen LogP contribution in [0.1, 0.15) is 39.5 Å². The summed E-state index contributed by atoms with van der Waals surface area (Å²) in [6.45, 7) is 7.24. The van der Waals surface area contributed by atoms with Gasteiger partial charge in [-0.05, 0) is 39.3 Å². The molecule has 0 bridgehead atoms. The number of hydrogen-bond acceptors (Lipinski definition) is 2. The van der Waals surface area contributed by atoms with Gasteiger partial charge in [-0.3, -0.25) is 0 Å².